The molecule has 1 amide bonds. The van der Waals surface area contributed by atoms with Crippen LogP contribution in [0.4, 0.5) is 0 Å². The molecule has 1 spiro atoms. The fraction of sp³-hybridized carbons (Fsp3) is 0.529. The summed E-state index contributed by atoms with van der Waals surface area (Å²) in [6, 6.07) is 3.94. The molecule has 136 valence electrons. The summed E-state index contributed by atoms with van der Waals surface area (Å²) in [5.74, 6) is 0.997. The van der Waals surface area contributed by atoms with E-state index < -0.39 is 0 Å². The van der Waals surface area contributed by atoms with E-state index in [1.807, 2.05) is 28.8 Å². The molecule has 1 aliphatic carbocycles. The number of carbonyl (C=O) groups is 1. The predicted octanol–water partition coefficient (Wildman–Crippen LogP) is 3.34. The quantitative estimate of drug-likeness (QED) is 0.855. The normalized spacial score (nSPS) is 21.0. The highest BCUT2D eigenvalue weighted by molar-refractivity contribution is 7.17. The lowest BCUT2D eigenvalue weighted by atomic mass is 9.93. The van der Waals surface area contributed by atoms with E-state index in [4.69, 9.17) is 11.6 Å². The van der Waals surface area contributed by atoms with Crippen LogP contribution < -0.4 is 5.32 Å². The highest BCUT2D eigenvalue weighted by atomic mass is 35.5. The number of amides is 1. The zero-order valence-corrected chi connectivity index (χ0v) is 16.5. The van der Waals surface area contributed by atoms with E-state index in [0.29, 0.717) is 27.2 Å². The van der Waals surface area contributed by atoms with Crippen molar-refractivity contribution in [1.82, 2.24) is 19.8 Å². The molecule has 1 atom stereocenters. The summed E-state index contributed by atoms with van der Waals surface area (Å²) in [4.78, 5) is 20.3. The van der Waals surface area contributed by atoms with Crippen molar-refractivity contribution in [2.45, 2.75) is 31.8 Å². The highest BCUT2D eigenvalue weighted by Gasteiger charge is 2.58. The first kappa shape index (κ1) is 18.7. The molecular weight excluding hydrogens is 379 g/mol. The van der Waals surface area contributed by atoms with Crippen LogP contribution in [0.1, 0.15) is 34.8 Å². The van der Waals surface area contributed by atoms with Crippen molar-refractivity contribution < 1.29 is 4.79 Å². The summed E-state index contributed by atoms with van der Waals surface area (Å²) in [5.41, 5.74) is 0.299. The minimum Gasteiger partial charge on any atom is -0.337 e. The second kappa shape index (κ2) is 7.27. The van der Waals surface area contributed by atoms with Gasteiger partial charge in [-0.05, 0) is 49.9 Å². The highest BCUT2D eigenvalue weighted by Crippen LogP contribution is 2.56. The van der Waals surface area contributed by atoms with Crippen molar-refractivity contribution in [3.05, 3.63) is 39.6 Å². The Morgan fingerprint density at radius 3 is 2.84 bits per heavy atom. The third kappa shape index (κ3) is 3.58. The smallest absolute Gasteiger partial charge is 0.264 e. The lowest BCUT2D eigenvalue weighted by molar-refractivity contribution is 0.0690. The Bertz CT molecular complexity index is 753. The number of nitrogens with zero attached hydrogens (tertiary/aromatic N) is 3. The minimum atomic E-state index is 0. The van der Waals surface area contributed by atoms with E-state index in [9.17, 15) is 4.79 Å². The Balaban J connectivity index is 0.00000182. The maximum Gasteiger partial charge on any atom is 0.264 e. The van der Waals surface area contributed by atoms with Crippen LogP contribution in [-0.2, 0) is 13.6 Å². The first-order valence-electron chi connectivity index (χ1n) is 8.32. The van der Waals surface area contributed by atoms with Crippen molar-refractivity contribution in [3.63, 3.8) is 0 Å². The van der Waals surface area contributed by atoms with Gasteiger partial charge in [0.05, 0.1) is 15.8 Å². The lowest BCUT2D eigenvalue weighted by Gasteiger charge is -2.29. The van der Waals surface area contributed by atoms with Gasteiger partial charge in [-0.25, -0.2) is 4.98 Å². The van der Waals surface area contributed by atoms with E-state index in [1.54, 1.807) is 12.3 Å². The Kier molecular flexibility index (Phi) is 5.44. The topological polar surface area (TPSA) is 50.2 Å². The summed E-state index contributed by atoms with van der Waals surface area (Å²) in [7, 11) is 1.97. The van der Waals surface area contributed by atoms with Crippen LogP contribution in [0.15, 0.2) is 24.5 Å². The number of halogens is 2. The van der Waals surface area contributed by atoms with Crippen molar-refractivity contribution in [2.24, 2.45) is 12.5 Å². The van der Waals surface area contributed by atoms with Gasteiger partial charge in [0.2, 0.25) is 0 Å². The molecule has 8 heteroatoms. The molecule has 1 saturated heterocycles. The first-order valence-corrected chi connectivity index (χ1v) is 9.52. The molecule has 25 heavy (non-hydrogen) atoms. The third-order valence-corrected chi connectivity index (χ3v) is 6.62. The maximum absolute atomic E-state index is 13.1. The summed E-state index contributed by atoms with van der Waals surface area (Å²) in [5, 5.41) is 3.42. The van der Waals surface area contributed by atoms with Gasteiger partial charge in [-0.15, -0.1) is 23.7 Å². The van der Waals surface area contributed by atoms with Crippen LogP contribution >= 0.6 is 35.3 Å². The molecule has 0 bridgehead atoms. The van der Waals surface area contributed by atoms with E-state index in [-0.39, 0.29) is 18.3 Å². The Labute approximate surface area is 162 Å². The van der Waals surface area contributed by atoms with Gasteiger partial charge in [0, 0.05) is 25.5 Å². The summed E-state index contributed by atoms with van der Waals surface area (Å²) in [6.45, 7) is 2.65. The number of hydrogen-bond acceptors (Lipinski definition) is 4. The molecule has 4 rings (SSSR count). The van der Waals surface area contributed by atoms with Gasteiger partial charge >= 0.3 is 0 Å². The van der Waals surface area contributed by atoms with Crippen molar-refractivity contribution in [2.75, 3.05) is 13.1 Å². The van der Waals surface area contributed by atoms with Crippen LogP contribution in [0.5, 0.6) is 0 Å². The number of piperidine rings is 1. The molecule has 2 aromatic rings. The molecule has 2 fully saturated rings. The van der Waals surface area contributed by atoms with E-state index in [0.717, 1.165) is 38.2 Å². The zero-order valence-electron chi connectivity index (χ0n) is 14.1. The monoisotopic (exact) mass is 400 g/mol. The Morgan fingerprint density at radius 1 is 1.48 bits per heavy atom. The lowest BCUT2D eigenvalue weighted by Crippen LogP contribution is -2.39. The summed E-state index contributed by atoms with van der Waals surface area (Å²) < 4.78 is 2.64. The van der Waals surface area contributed by atoms with Gasteiger partial charge in [0.15, 0.2) is 0 Å². The van der Waals surface area contributed by atoms with Gasteiger partial charge < -0.3 is 14.8 Å². The van der Waals surface area contributed by atoms with Crippen molar-refractivity contribution >= 4 is 41.3 Å². The van der Waals surface area contributed by atoms with E-state index in [1.165, 1.54) is 11.3 Å². The molecule has 0 radical (unpaired) electrons. The minimum absolute atomic E-state index is 0. The molecule has 1 saturated carbocycles. The number of carbonyl (C=O) groups excluding carboxylic acids is 1. The number of hydrogen-bond donors (Lipinski definition) is 1. The largest absolute Gasteiger partial charge is 0.337 e. The molecule has 0 aromatic carbocycles. The SMILES string of the molecule is Cl.Cn1ccnc1CN(C(=O)c1ccc(Cl)s1)C1CC12CCNCC2. The molecule has 1 unspecified atom stereocenters. The number of aryl methyl sites for hydroxylation is 1. The average molecular weight is 401 g/mol. The Hall–Kier alpha value is -1.08. The van der Waals surface area contributed by atoms with E-state index in [2.05, 4.69) is 10.3 Å². The van der Waals surface area contributed by atoms with Gasteiger partial charge in [0.25, 0.3) is 5.91 Å². The standard InChI is InChI=1S/C17H21ClN4OS.ClH/c1-21-9-8-20-15(21)11-22(16(23)12-2-3-14(18)24-12)13-10-17(13)4-6-19-7-5-17;/h2-3,8-9,13,19H,4-7,10-11H2,1H3;1H. The molecular formula is C17H22Cl2N4OS. The number of nitrogens with one attached hydrogen (secondary N) is 1. The summed E-state index contributed by atoms with van der Waals surface area (Å²) in [6.07, 6.45) is 7.10. The van der Waals surface area contributed by atoms with Gasteiger partial charge in [-0.1, -0.05) is 11.6 Å². The van der Waals surface area contributed by atoms with Gasteiger partial charge in [0.1, 0.15) is 5.82 Å². The van der Waals surface area contributed by atoms with Crippen LogP contribution in [-0.4, -0.2) is 39.5 Å². The molecule has 1 aliphatic heterocycles. The molecule has 2 aromatic heterocycles. The maximum atomic E-state index is 13.1. The number of imidazole rings is 1. The zero-order chi connectivity index (χ0) is 16.7. The Morgan fingerprint density at radius 2 is 2.24 bits per heavy atom. The van der Waals surface area contributed by atoms with Crippen molar-refractivity contribution in [3.8, 4) is 0 Å². The molecule has 5 nitrogen and oxygen atoms in total. The van der Waals surface area contributed by atoms with Gasteiger partial charge in [-0.3, -0.25) is 4.79 Å². The summed E-state index contributed by atoms with van der Waals surface area (Å²) >= 11 is 7.39. The molecule has 3 heterocycles. The van der Waals surface area contributed by atoms with Crippen LogP contribution in [0.3, 0.4) is 0 Å². The molecule has 1 N–H and O–H groups in total. The second-order valence-electron chi connectivity index (χ2n) is 6.82. The first-order chi connectivity index (χ1) is 11.6. The number of thiophene rings is 1. The van der Waals surface area contributed by atoms with Crippen LogP contribution in [0.25, 0.3) is 0 Å². The van der Waals surface area contributed by atoms with Crippen molar-refractivity contribution in [1.29, 1.82) is 0 Å². The number of aromatic nitrogens is 2. The third-order valence-electron chi connectivity index (χ3n) is 5.40. The average Bonchev–Trinajstić information content (AvgIpc) is 2.91. The van der Waals surface area contributed by atoms with Crippen LogP contribution in [0.2, 0.25) is 4.34 Å². The van der Waals surface area contributed by atoms with E-state index >= 15 is 0 Å². The number of rotatable bonds is 4. The fourth-order valence-electron chi connectivity index (χ4n) is 3.82. The van der Waals surface area contributed by atoms with Crippen LogP contribution in [0, 0.1) is 5.41 Å². The second-order valence-corrected chi connectivity index (χ2v) is 8.54. The van der Waals surface area contributed by atoms with Gasteiger partial charge in [-0.2, -0.15) is 0 Å². The molecule has 2 aliphatic rings. The predicted molar refractivity (Wildman–Crippen MR) is 103 cm³/mol. The fourth-order valence-corrected chi connectivity index (χ4v) is 4.82.